The molecule has 38 heavy (non-hydrogen) atoms. The molecule has 0 fully saturated rings. The number of urea groups is 1. The predicted molar refractivity (Wildman–Crippen MR) is 139 cm³/mol. The summed E-state index contributed by atoms with van der Waals surface area (Å²) in [6.07, 6.45) is -0.680. The highest BCUT2D eigenvalue weighted by Gasteiger charge is 2.27. The first-order chi connectivity index (χ1) is 18.3. The normalized spacial score (nSPS) is 11.7. The SMILES string of the molecule is CCc1ccc(-c2ccc(C(=O)NC(CN(O)C(=O)NCCC#N)C(C)OC(=O)NCCC#N)cc2)cc1. The molecule has 4 N–H and O–H groups in total. The van der Waals surface area contributed by atoms with Gasteiger partial charge in [-0.05, 0) is 42.2 Å². The number of amides is 4. The van der Waals surface area contributed by atoms with Gasteiger partial charge in [0.25, 0.3) is 5.91 Å². The maximum atomic E-state index is 13.0. The zero-order chi connectivity index (χ0) is 27.9. The highest BCUT2D eigenvalue weighted by atomic mass is 16.6. The first kappa shape index (κ1) is 29.6. The van der Waals surface area contributed by atoms with Gasteiger partial charge in [0.15, 0.2) is 0 Å². The van der Waals surface area contributed by atoms with Gasteiger partial charge in [0.2, 0.25) is 0 Å². The Kier molecular flexibility index (Phi) is 12.1. The van der Waals surface area contributed by atoms with Gasteiger partial charge < -0.3 is 20.7 Å². The topological polar surface area (TPSA) is 168 Å². The average Bonchev–Trinajstić information content (AvgIpc) is 2.92. The number of rotatable bonds is 12. The Morgan fingerprint density at radius 2 is 1.50 bits per heavy atom. The van der Waals surface area contributed by atoms with Crippen LogP contribution in [0.2, 0.25) is 0 Å². The summed E-state index contributed by atoms with van der Waals surface area (Å²) >= 11 is 0. The molecule has 0 aromatic heterocycles. The van der Waals surface area contributed by atoms with E-state index in [9.17, 15) is 19.6 Å². The Balaban J connectivity index is 2.12. The third-order valence-corrected chi connectivity index (χ3v) is 5.64. The lowest BCUT2D eigenvalue weighted by molar-refractivity contribution is -0.0587. The molecule has 2 aromatic rings. The molecule has 0 heterocycles. The van der Waals surface area contributed by atoms with Crippen LogP contribution in [-0.4, -0.2) is 60.1 Å². The Hall–Kier alpha value is -4.61. The van der Waals surface area contributed by atoms with Crippen molar-refractivity contribution in [2.45, 2.75) is 45.3 Å². The van der Waals surface area contributed by atoms with E-state index in [4.69, 9.17) is 15.3 Å². The Morgan fingerprint density at radius 1 is 0.947 bits per heavy atom. The van der Waals surface area contributed by atoms with E-state index in [2.05, 4.69) is 35.0 Å². The van der Waals surface area contributed by atoms with Crippen LogP contribution in [0.15, 0.2) is 48.5 Å². The summed E-state index contributed by atoms with van der Waals surface area (Å²) in [4.78, 5) is 37.2. The number of aryl methyl sites for hydroxylation is 1. The molecule has 0 aliphatic carbocycles. The third kappa shape index (κ3) is 9.45. The van der Waals surface area contributed by atoms with E-state index in [1.54, 1.807) is 12.1 Å². The largest absolute Gasteiger partial charge is 0.444 e. The van der Waals surface area contributed by atoms with Crippen molar-refractivity contribution in [3.8, 4) is 23.3 Å². The van der Waals surface area contributed by atoms with Gasteiger partial charge in [-0.3, -0.25) is 10.0 Å². The Morgan fingerprint density at radius 3 is 2.05 bits per heavy atom. The van der Waals surface area contributed by atoms with Gasteiger partial charge in [-0.2, -0.15) is 10.5 Å². The van der Waals surface area contributed by atoms with Crippen LogP contribution in [0.4, 0.5) is 9.59 Å². The molecule has 0 aliphatic heterocycles. The number of carbonyl (C=O) groups is 3. The summed E-state index contributed by atoms with van der Waals surface area (Å²) in [6, 6.07) is 17.0. The number of ether oxygens (including phenoxy) is 1. The Labute approximate surface area is 222 Å². The van der Waals surface area contributed by atoms with Gasteiger partial charge in [0.1, 0.15) is 6.10 Å². The van der Waals surface area contributed by atoms with E-state index in [1.807, 2.05) is 36.4 Å². The quantitative estimate of drug-likeness (QED) is 0.189. The van der Waals surface area contributed by atoms with Crippen molar-refractivity contribution < 1.29 is 24.3 Å². The molecule has 2 atom stereocenters. The molecule has 2 unspecified atom stereocenters. The van der Waals surface area contributed by atoms with Crippen LogP contribution < -0.4 is 16.0 Å². The van der Waals surface area contributed by atoms with Crippen LogP contribution in [0.3, 0.4) is 0 Å². The van der Waals surface area contributed by atoms with Crippen LogP contribution in [0, 0.1) is 22.7 Å². The monoisotopic (exact) mass is 520 g/mol. The van der Waals surface area contributed by atoms with Crippen LogP contribution >= 0.6 is 0 Å². The number of hydroxylamine groups is 2. The van der Waals surface area contributed by atoms with Crippen molar-refractivity contribution in [2.24, 2.45) is 0 Å². The van der Waals surface area contributed by atoms with Crippen molar-refractivity contribution in [2.75, 3.05) is 19.6 Å². The number of alkyl carbamates (subject to hydrolysis) is 1. The van der Waals surface area contributed by atoms with E-state index in [1.165, 1.54) is 12.5 Å². The number of hydrogen-bond acceptors (Lipinski definition) is 7. The molecule has 11 heteroatoms. The number of hydrogen-bond donors (Lipinski definition) is 4. The zero-order valence-electron chi connectivity index (χ0n) is 21.4. The molecular weight excluding hydrogens is 488 g/mol. The van der Waals surface area contributed by atoms with Gasteiger partial charge in [0.05, 0.1) is 37.6 Å². The zero-order valence-corrected chi connectivity index (χ0v) is 21.4. The molecule has 0 spiro atoms. The highest BCUT2D eigenvalue weighted by Crippen LogP contribution is 2.21. The molecule has 4 amide bonds. The summed E-state index contributed by atoms with van der Waals surface area (Å²) in [5.41, 5.74) is 3.50. The number of nitrogens with one attached hydrogen (secondary N) is 3. The molecular formula is C27H32N6O5. The number of carbonyl (C=O) groups excluding carboxylic acids is 3. The van der Waals surface area contributed by atoms with E-state index in [0.29, 0.717) is 10.6 Å². The van der Waals surface area contributed by atoms with Gasteiger partial charge in [-0.15, -0.1) is 0 Å². The second-order valence-corrected chi connectivity index (χ2v) is 8.38. The van der Waals surface area contributed by atoms with Gasteiger partial charge in [0, 0.05) is 18.7 Å². The van der Waals surface area contributed by atoms with Crippen LogP contribution in [0.1, 0.15) is 42.6 Å². The minimum absolute atomic E-state index is 0.0320. The van der Waals surface area contributed by atoms with E-state index >= 15 is 0 Å². The summed E-state index contributed by atoms with van der Waals surface area (Å²) in [5, 5.41) is 35.3. The van der Waals surface area contributed by atoms with Gasteiger partial charge >= 0.3 is 12.1 Å². The van der Waals surface area contributed by atoms with Crippen molar-refractivity contribution >= 4 is 18.0 Å². The van der Waals surface area contributed by atoms with Gasteiger partial charge in [-0.25, -0.2) is 14.7 Å². The molecule has 0 bridgehead atoms. The van der Waals surface area contributed by atoms with Crippen LogP contribution in [0.25, 0.3) is 11.1 Å². The fraction of sp³-hybridized carbons (Fsp3) is 0.370. The predicted octanol–water partition coefficient (Wildman–Crippen LogP) is 3.36. The standard InChI is InChI=1S/C27H32N6O5/c1-3-20-6-8-21(9-7-20)22-10-12-23(13-11-22)25(34)32-24(18-33(37)26(35)30-16-4-14-28)19(2)38-27(36)31-17-5-15-29/h6-13,19,24,37H,3-5,16-18H2,1-2H3,(H,30,35)(H,31,36)(H,32,34). The van der Waals surface area contributed by atoms with E-state index < -0.39 is 36.7 Å². The lowest BCUT2D eigenvalue weighted by atomic mass is 10.0. The molecule has 0 saturated heterocycles. The average molecular weight is 521 g/mol. The number of nitriles is 2. The fourth-order valence-corrected chi connectivity index (χ4v) is 3.41. The van der Waals surface area contributed by atoms with Gasteiger partial charge in [-0.1, -0.05) is 43.3 Å². The summed E-state index contributed by atoms with van der Waals surface area (Å²) < 4.78 is 5.28. The lowest BCUT2D eigenvalue weighted by Crippen LogP contribution is -2.53. The number of benzene rings is 2. The van der Waals surface area contributed by atoms with Crippen molar-refractivity contribution in [3.63, 3.8) is 0 Å². The first-order valence-electron chi connectivity index (χ1n) is 12.2. The molecule has 0 radical (unpaired) electrons. The third-order valence-electron chi connectivity index (χ3n) is 5.64. The molecule has 2 rings (SSSR count). The maximum Gasteiger partial charge on any atom is 0.407 e. The van der Waals surface area contributed by atoms with Crippen molar-refractivity contribution in [1.82, 2.24) is 21.0 Å². The molecule has 0 aliphatic rings. The Bertz CT molecular complexity index is 1150. The van der Waals surface area contributed by atoms with E-state index in [0.717, 1.165) is 17.5 Å². The summed E-state index contributed by atoms with van der Waals surface area (Å²) in [5.74, 6) is -0.499. The smallest absolute Gasteiger partial charge is 0.407 e. The summed E-state index contributed by atoms with van der Waals surface area (Å²) in [7, 11) is 0. The lowest BCUT2D eigenvalue weighted by Gasteiger charge is -2.28. The number of nitrogens with zero attached hydrogens (tertiary/aromatic N) is 3. The second-order valence-electron chi connectivity index (χ2n) is 8.38. The van der Waals surface area contributed by atoms with Crippen molar-refractivity contribution in [3.05, 3.63) is 59.7 Å². The van der Waals surface area contributed by atoms with E-state index in [-0.39, 0.29) is 25.9 Å². The molecule has 0 saturated carbocycles. The maximum absolute atomic E-state index is 13.0. The summed E-state index contributed by atoms with van der Waals surface area (Å²) in [6.45, 7) is 3.29. The molecule has 200 valence electrons. The fourth-order valence-electron chi connectivity index (χ4n) is 3.41. The minimum atomic E-state index is -0.989. The van der Waals surface area contributed by atoms with Crippen molar-refractivity contribution in [1.29, 1.82) is 10.5 Å². The first-order valence-corrected chi connectivity index (χ1v) is 12.2. The van der Waals surface area contributed by atoms with Crippen LogP contribution in [-0.2, 0) is 11.2 Å². The highest BCUT2D eigenvalue weighted by molar-refractivity contribution is 5.95. The van der Waals surface area contributed by atoms with Crippen LogP contribution in [0.5, 0.6) is 0 Å². The minimum Gasteiger partial charge on any atom is -0.444 e. The molecule has 11 nitrogen and oxygen atoms in total. The second kappa shape index (κ2) is 15.5. The molecule has 2 aromatic carbocycles.